The Balaban J connectivity index is 1.56. The van der Waals surface area contributed by atoms with Crippen molar-refractivity contribution >= 4 is 21.6 Å². The van der Waals surface area contributed by atoms with Gasteiger partial charge in [-0.05, 0) is 44.0 Å². The standard InChI is InChI=1S/C20H20ClN3O3S/c1-14-8-10-16(11-9-14)28(25,26)24-12-4-5-15(13-24)20-22-19(23-27-20)17-6-2-3-7-18(17)21/h2-3,6-11,15H,4-5,12-13H2,1H3/t15-/m0/s1. The van der Waals surface area contributed by atoms with Crippen LogP contribution >= 0.6 is 11.6 Å². The van der Waals surface area contributed by atoms with Gasteiger partial charge in [-0.3, -0.25) is 0 Å². The van der Waals surface area contributed by atoms with E-state index in [9.17, 15) is 8.42 Å². The number of hydrogen-bond donors (Lipinski definition) is 0. The summed E-state index contributed by atoms with van der Waals surface area (Å²) in [5, 5.41) is 4.58. The topological polar surface area (TPSA) is 76.3 Å². The van der Waals surface area contributed by atoms with Gasteiger partial charge in [0.1, 0.15) is 0 Å². The second-order valence-electron chi connectivity index (χ2n) is 6.95. The molecule has 28 heavy (non-hydrogen) atoms. The van der Waals surface area contributed by atoms with Crippen molar-refractivity contribution in [3.8, 4) is 11.4 Å². The van der Waals surface area contributed by atoms with Crippen molar-refractivity contribution in [3.63, 3.8) is 0 Å². The molecule has 1 aliphatic heterocycles. The van der Waals surface area contributed by atoms with Crippen molar-refractivity contribution in [3.05, 3.63) is 65.0 Å². The minimum absolute atomic E-state index is 0.141. The molecule has 4 rings (SSSR count). The van der Waals surface area contributed by atoms with Crippen molar-refractivity contribution in [1.29, 1.82) is 0 Å². The Morgan fingerprint density at radius 1 is 1.14 bits per heavy atom. The van der Waals surface area contributed by atoms with Crippen LogP contribution < -0.4 is 0 Å². The van der Waals surface area contributed by atoms with E-state index in [-0.39, 0.29) is 5.92 Å². The van der Waals surface area contributed by atoms with Crippen LogP contribution in [0.2, 0.25) is 5.02 Å². The Labute approximate surface area is 169 Å². The zero-order valence-corrected chi connectivity index (χ0v) is 16.9. The van der Waals surface area contributed by atoms with Gasteiger partial charge in [-0.25, -0.2) is 8.42 Å². The van der Waals surface area contributed by atoms with Gasteiger partial charge in [0, 0.05) is 18.7 Å². The molecule has 1 atom stereocenters. The smallest absolute Gasteiger partial charge is 0.243 e. The summed E-state index contributed by atoms with van der Waals surface area (Å²) in [4.78, 5) is 4.79. The Kier molecular flexibility index (Phi) is 5.23. The van der Waals surface area contributed by atoms with Crippen molar-refractivity contribution < 1.29 is 12.9 Å². The summed E-state index contributed by atoms with van der Waals surface area (Å²) in [6.45, 7) is 2.73. The largest absolute Gasteiger partial charge is 0.339 e. The van der Waals surface area contributed by atoms with Gasteiger partial charge < -0.3 is 4.52 Å². The Hall–Kier alpha value is -2.22. The number of sulfonamides is 1. The molecule has 0 radical (unpaired) electrons. The second-order valence-corrected chi connectivity index (χ2v) is 9.30. The molecule has 0 aliphatic carbocycles. The number of aromatic nitrogens is 2. The Bertz CT molecular complexity index is 1080. The zero-order valence-electron chi connectivity index (χ0n) is 15.4. The summed E-state index contributed by atoms with van der Waals surface area (Å²) < 4.78 is 32.9. The fourth-order valence-corrected chi connectivity index (χ4v) is 5.12. The van der Waals surface area contributed by atoms with Crippen LogP contribution in [0.5, 0.6) is 0 Å². The van der Waals surface area contributed by atoms with Crippen molar-refractivity contribution in [2.75, 3.05) is 13.1 Å². The number of benzene rings is 2. The molecule has 0 amide bonds. The molecule has 1 fully saturated rings. The second kappa shape index (κ2) is 7.66. The number of halogens is 1. The molecule has 0 bridgehead atoms. The average Bonchev–Trinajstić information content (AvgIpc) is 3.19. The Morgan fingerprint density at radius 2 is 1.89 bits per heavy atom. The van der Waals surface area contributed by atoms with E-state index in [1.807, 2.05) is 37.3 Å². The van der Waals surface area contributed by atoms with Crippen molar-refractivity contribution in [2.24, 2.45) is 0 Å². The molecule has 6 nitrogen and oxygen atoms in total. The van der Waals surface area contributed by atoms with Crippen LogP contribution in [-0.4, -0.2) is 36.0 Å². The van der Waals surface area contributed by atoms with Crippen molar-refractivity contribution in [2.45, 2.75) is 30.6 Å². The summed E-state index contributed by atoms with van der Waals surface area (Å²) in [5.41, 5.74) is 1.72. The van der Waals surface area contributed by atoms with E-state index in [0.717, 1.165) is 18.4 Å². The molecule has 8 heteroatoms. The van der Waals surface area contributed by atoms with E-state index in [1.54, 1.807) is 18.2 Å². The van der Waals surface area contributed by atoms with Gasteiger partial charge in [-0.15, -0.1) is 0 Å². The summed E-state index contributed by atoms with van der Waals surface area (Å²) >= 11 is 6.21. The number of hydrogen-bond acceptors (Lipinski definition) is 5. The summed E-state index contributed by atoms with van der Waals surface area (Å²) in [7, 11) is -3.55. The van der Waals surface area contributed by atoms with Crippen LogP contribution in [-0.2, 0) is 10.0 Å². The molecule has 1 aliphatic rings. The van der Waals surface area contributed by atoms with E-state index < -0.39 is 10.0 Å². The third-order valence-corrected chi connectivity index (χ3v) is 7.16. The Morgan fingerprint density at radius 3 is 2.64 bits per heavy atom. The molecule has 146 valence electrons. The summed E-state index contributed by atoms with van der Waals surface area (Å²) in [5.74, 6) is 0.718. The number of rotatable bonds is 4. The number of nitrogens with zero attached hydrogens (tertiary/aromatic N) is 3. The first-order valence-corrected chi connectivity index (χ1v) is 10.9. The average molecular weight is 418 g/mol. The first-order chi connectivity index (χ1) is 13.4. The van der Waals surface area contributed by atoms with E-state index in [0.29, 0.717) is 40.3 Å². The fourth-order valence-electron chi connectivity index (χ4n) is 3.37. The third-order valence-electron chi connectivity index (χ3n) is 4.95. The molecule has 1 saturated heterocycles. The maximum atomic E-state index is 13.0. The first-order valence-electron chi connectivity index (χ1n) is 9.10. The third kappa shape index (κ3) is 3.70. The lowest BCUT2D eigenvalue weighted by Gasteiger charge is -2.30. The molecule has 0 saturated carbocycles. The van der Waals surface area contributed by atoms with Gasteiger partial charge in [0.15, 0.2) is 0 Å². The molecule has 0 spiro atoms. The zero-order chi connectivity index (χ0) is 19.7. The molecule has 2 aromatic carbocycles. The lowest BCUT2D eigenvalue weighted by atomic mass is 10.00. The molecule has 1 aromatic heterocycles. The van der Waals surface area contributed by atoms with Crippen molar-refractivity contribution in [1.82, 2.24) is 14.4 Å². The highest BCUT2D eigenvalue weighted by molar-refractivity contribution is 7.89. The van der Waals surface area contributed by atoms with Gasteiger partial charge in [0.25, 0.3) is 0 Å². The molecule has 0 unspecified atom stereocenters. The lowest BCUT2D eigenvalue weighted by Crippen LogP contribution is -2.39. The van der Waals surface area contributed by atoms with Crippen LogP contribution in [0.1, 0.15) is 30.2 Å². The van der Waals surface area contributed by atoms with Crippen LogP contribution in [0.3, 0.4) is 0 Å². The summed E-state index contributed by atoms with van der Waals surface area (Å²) in [6, 6.07) is 14.2. The number of aryl methyl sites for hydroxylation is 1. The molecular formula is C20H20ClN3O3S. The maximum Gasteiger partial charge on any atom is 0.243 e. The molecule has 0 N–H and O–H groups in total. The van der Waals surface area contributed by atoms with E-state index in [4.69, 9.17) is 16.1 Å². The molecule has 3 aromatic rings. The van der Waals surface area contributed by atoms with Crippen LogP contribution in [0, 0.1) is 6.92 Å². The SMILES string of the molecule is Cc1ccc(S(=O)(=O)N2CCC[C@H](c3nc(-c4ccccc4Cl)no3)C2)cc1. The van der Waals surface area contributed by atoms with E-state index in [1.165, 1.54) is 4.31 Å². The molecule has 2 heterocycles. The predicted octanol–water partition coefficient (Wildman–Crippen LogP) is 4.27. The lowest BCUT2D eigenvalue weighted by molar-refractivity contribution is 0.265. The van der Waals surface area contributed by atoms with Crippen LogP contribution in [0.4, 0.5) is 0 Å². The van der Waals surface area contributed by atoms with Gasteiger partial charge in [0.2, 0.25) is 21.7 Å². The monoisotopic (exact) mass is 417 g/mol. The maximum absolute atomic E-state index is 13.0. The normalized spacial score (nSPS) is 18.3. The highest BCUT2D eigenvalue weighted by Crippen LogP contribution is 2.32. The minimum atomic E-state index is -3.55. The van der Waals surface area contributed by atoms with E-state index in [2.05, 4.69) is 10.1 Å². The van der Waals surface area contributed by atoms with Crippen LogP contribution in [0.15, 0.2) is 57.9 Å². The quantitative estimate of drug-likeness (QED) is 0.633. The highest BCUT2D eigenvalue weighted by atomic mass is 35.5. The first kappa shape index (κ1) is 19.1. The van der Waals surface area contributed by atoms with Gasteiger partial charge >= 0.3 is 0 Å². The van der Waals surface area contributed by atoms with Gasteiger partial charge in [-0.1, -0.05) is 46.6 Å². The predicted molar refractivity (Wildman–Crippen MR) is 107 cm³/mol. The van der Waals surface area contributed by atoms with Gasteiger partial charge in [0.05, 0.1) is 15.8 Å². The highest BCUT2D eigenvalue weighted by Gasteiger charge is 2.33. The summed E-state index contributed by atoms with van der Waals surface area (Å²) in [6.07, 6.45) is 1.53. The molecular weight excluding hydrogens is 398 g/mol. The fraction of sp³-hybridized carbons (Fsp3) is 0.300. The van der Waals surface area contributed by atoms with Gasteiger partial charge in [-0.2, -0.15) is 9.29 Å². The van der Waals surface area contributed by atoms with Crippen LogP contribution in [0.25, 0.3) is 11.4 Å². The minimum Gasteiger partial charge on any atom is -0.339 e. The van der Waals surface area contributed by atoms with E-state index >= 15 is 0 Å². The number of piperidine rings is 1.